The molecule has 9 heavy (non-hydrogen) atoms. The lowest BCUT2D eigenvalue weighted by molar-refractivity contribution is 0.0812. The average Bonchev–Trinajstić information content (AvgIpc) is 2.47. The fourth-order valence-electron chi connectivity index (χ4n) is 1.94. The molecule has 0 bridgehead atoms. The van der Waals surface area contributed by atoms with Gasteiger partial charge in [-0.25, -0.2) is 0 Å². The Morgan fingerprint density at radius 2 is 2.22 bits per heavy atom. The highest BCUT2D eigenvalue weighted by molar-refractivity contribution is 4.98. The normalized spacial score (nSPS) is 37.7. The smallest absolute Gasteiger partial charge is 0.0865 e. The van der Waals surface area contributed by atoms with Crippen LogP contribution in [0.3, 0.4) is 0 Å². The molecule has 1 atom stereocenters. The van der Waals surface area contributed by atoms with Gasteiger partial charge in [0.1, 0.15) is 0 Å². The highest BCUT2D eigenvalue weighted by Crippen LogP contribution is 2.51. The Hall–Kier alpha value is -0.0400. The van der Waals surface area contributed by atoms with E-state index in [0.717, 1.165) is 6.61 Å². The van der Waals surface area contributed by atoms with Crippen molar-refractivity contribution >= 4 is 0 Å². The van der Waals surface area contributed by atoms with Crippen molar-refractivity contribution in [3.05, 3.63) is 0 Å². The van der Waals surface area contributed by atoms with Crippen LogP contribution in [0.4, 0.5) is 0 Å². The van der Waals surface area contributed by atoms with Gasteiger partial charge in [0.05, 0.1) is 12.7 Å². The molecule has 1 heteroatoms. The Labute approximate surface area is 56.4 Å². The summed E-state index contributed by atoms with van der Waals surface area (Å²) in [7, 11) is 0. The van der Waals surface area contributed by atoms with Gasteiger partial charge in [-0.2, -0.15) is 0 Å². The quantitative estimate of drug-likeness (QED) is 0.515. The van der Waals surface area contributed by atoms with Gasteiger partial charge in [-0.05, 0) is 24.7 Å². The van der Waals surface area contributed by atoms with Crippen molar-refractivity contribution in [3.8, 4) is 0 Å². The van der Waals surface area contributed by atoms with E-state index in [0.29, 0.717) is 11.5 Å². The van der Waals surface area contributed by atoms with Crippen LogP contribution in [0.5, 0.6) is 0 Å². The van der Waals surface area contributed by atoms with E-state index in [-0.39, 0.29) is 0 Å². The van der Waals surface area contributed by atoms with Crippen LogP contribution < -0.4 is 0 Å². The van der Waals surface area contributed by atoms with Crippen molar-refractivity contribution in [1.29, 1.82) is 0 Å². The van der Waals surface area contributed by atoms with Gasteiger partial charge in [0.2, 0.25) is 0 Å². The second-order valence-electron chi connectivity index (χ2n) is 3.39. The van der Waals surface area contributed by atoms with Gasteiger partial charge in [0, 0.05) is 0 Å². The van der Waals surface area contributed by atoms with Crippen molar-refractivity contribution in [1.82, 2.24) is 0 Å². The van der Waals surface area contributed by atoms with E-state index in [1.807, 2.05) is 0 Å². The van der Waals surface area contributed by atoms with Crippen molar-refractivity contribution in [2.45, 2.75) is 38.7 Å². The Bertz CT molecular complexity index is 106. The van der Waals surface area contributed by atoms with Crippen LogP contribution in [-0.4, -0.2) is 12.7 Å². The minimum Gasteiger partial charge on any atom is -0.373 e. The third kappa shape index (κ3) is 0.710. The Balaban J connectivity index is 1.99. The van der Waals surface area contributed by atoms with Crippen molar-refractivity contribution < 1.29 is 4.74 Å². The van der Waals surface area contributed by atoms with E-state index < -0.39 is 0 Å². The lowest BCUT2D eigenvalue weighted by Crippen LogP contribution is -2.34. The molecule has 0 N–H and O–H groups in total. The van der Waals surface area contributed by atoms with E-state index in [2.05, 4.69) is 6.92 Å². The number of hydrogen-bond acceptors (Lipinski definition) is 1. The lowest BCUT2D eigenvalue weighted by Gasteiger charge is -2.39. The minimum absolute atomic E-state index is 0.653. The van der Waals surface area contributed by atoms with Gasteiger partial charge in [-0.15, -0.1) is 0 Å². The molecule has 1 saturated heterocycles. The monoisotopic (exact) mass is 126 g/mol. The van der Waals surface area contributed by atoms with Gasteiger partial charge >= 0.3 is 0 Å². The number of rotatable bonds is 2. The van der Waals surface area contributed by atoms with Gasteiger partial charge in [-0.1, -0.05) is 13.3 Å². The van der Waals surface area contributed by atoms with Crippen LogP contribution in [0.2, 0.25) is 0 Å². The lowest BCUT2D eigenvalue weighted by atomic mass is 9.65. The van der Waals surface area contributed by atoms with Crippen LogP contribution in [0, 0.1) is 5.41 Å². The van der Waals surface area contributed by atoms with Gasteiger partial charge in [-0.3, -0.25) is 0 Å². The largest absolute Gasteiger partial charge is 0.373 e. The van der Waals surface area contributed by atoms with Crippen LogP contribution in [0.25, 0.3) is 0 Å². The number of ether oxygens (including phenoxy) is 1. The zero-order valence-electron chi connectivity index (χ0n) is 6.02. The van der Waals surface area contributed by atoms with E-state index in [9.17, 15) is 0 Å². The van der Waals surface area contributed by atoms with Crippen LogP contribution in [0.1, 0.15) is 32.6 Å². The predicted molar refractivity (Wildman–Crippen MR) is 36.3 cm³/mol. The molecular formula is C8H14O. The van der Waals surface area contributed by atoms with E-state index >= 15 is 0 Å². The molecule has 0 aromatic heterocycles. The van der Waals surface area contributed by atoms with Crippen LogP contribution in [-0.2, 0) is 4.74 Å². The summed E-state index contributed by atoms with van der Waals surface area (Å²) in [4.78, 5) is 0. The summed E-state index contributed by atoms with van der Waals surface area (Å²) in [6.07, 6.45) is 6.28. The van der Waals surface area contributed by atoms with E-state index in [4.69, 9.17) is 4.74 Å². The molecule has 2 rings (SSSR count). The van der Waals surface area contributed by atoms with Crippen molar-refractivity contribution in [2.75, 3.05) is 6.61 Å². The molecule has 0 radical (unpaired) electrons. The van der Waals surface area contributed by atoms with Gasteiger partial charge in [0.15, 0.2) is 0 Å². The first kappa shape index (κ1) is 5.72. The summed E-state index contributed by atoms with van der Waals surface area (Å²) in [5, 5.41) is 0. The molecule has 1 nitrogen and oxygen atoms in total. The fraction of sp³-hybridized carbons (Fsp3) is 1.00. The van der Waals surface area contributed by atoms with E-state index in [1.54, 1.807) is 0 Å². The molecule has 0 aromatic carbocycles. The highest BCUT2D eigenvalue weighted by atomic mass is 16.6. The molecule has 1 heterocycles. The molecule has 0 amide bonds. The van der Waals surface area contributed by atoms with Gasteiger partial charge in [0.25, 0.3) is 0 Å². The third-order valence-corrected chi connectivity index (χ3v) is 3.07. The predicted octanol–water partition coefficient (Wildman–Crippen LogP) is 1.97. The number of epoxide rings is 1. The molecule has 52 valence electrons. The minimum atomic E-state index is 0.653. The molecule has 1 saturated carbocycles. The number of hydrogen-bond donors (Lipinski definition) is 0. The maximum Gasteiger partial charge on any atom is 0.0865 e. The summed E-state index contributed by atoms with van der Waals surface area (Å²) < 4.78 is 5.31. The zero-order chi connectivity index (χ0) is 6.32. The second kappa shape index (κ2) is 1.72. The molecule has 2 fully saturated rings. The maximum atomic E-state index is 5.31. The summed E-state index contributed by atoms with van der Waals surface area (Å²) in [6, 6.07) is 0. The highest BCUT2D eigenvalue weighted by Gasteiger charge is 2.49. The summed E-state index contributed by atoms with van der Waals surface area (Å²) in [6.45, 7) is 3.34. The Morgan fingerprint density at radius 3 is 2.33 bits per heavy atom. The molecule has 0 aromatic rings. The summed E-state index contributed by atoms with van der Waals surface area (Å²) >= 11 is 0. The first-order valence-corrected chi connectivity index (χ1v) is 3.99. The molecule has 0 spiro atoms. The first-order chi connectivity index (χ1) is 4.37. The van der Waals surface area contributed by atoms with Gasteiger partial charge < -0.3 is 4.74 Å². The first-order valence-electron chi connectivity index (χ1n) is 3.99. The zero-order valence-corrected chi connectivity index (χ0v) is 6.02. The molecule has 1 aliphatic carbocycles. The topological polar surface area (TPSA) is 12.5 Å². The standard InChI is InChI=1S/C8H14O/c1-2-8(4-3-5-8)7-6-9-7/h7H,2-6H2,1H3. The molecule has 1 unspecified atom stereocenters. The van der Waals surface area contributed by atoms with Crippen LogP contribution in [0.15, 0.2) is 0 Å². The SMILES string of the molecule is CCC1(C2CO2)CCC1. The summed E-state index contributed by atoms with van der Waals surface area (Å²) in [5.41, 5.74) is 0.653. The molecule has 2 aliphatic rings. The summed E-state index contributed by atoms with van der Waals surface area (Å²) in [5.74, 6) is 0. The second-order valence-corrected chi connectivity index (χ2v) is 3.39. The van der Waals surface area contributed by atoms with Crippen molar-refractivity contribution in [2.24, 2.45) is 5.41 Å². The third-order valence-electron chi connectivity index (χ3n) is 3.07. The fourth-order valence-corrected chi connectivity index (χ4v) is 1.94. The van der Waals surface area contributed by atoms with Crippen molar-refractivity contribution in [3.63, 3.8) is 0 Å². The maximum absolute atomic E-state index is 5.31. The molecular weight excluding hydrogens is 112 g/mol. The average molecular weight is 126 g/mol. The van der Waals surface area contributed by atoms with E-state index in [1.165, 1.54) is 25.7 Å². The van der Waals surface area contributed by atoms with Crippen LogP contribution >= 0.6 is 0 Å². The Morgan fingerprint density at radius 1 is 1.56 bits per heavy atom. The molecule has 1 aliphatic heterocycles. The Kier molecular flexibility index (Phi) is 1.10.